The number of methoxy groups -OCH3 is 1. The summed E-state index contributed by atoms with van der Waals surface area (Å²) in [5.74, 6) is -0.319. The number of hydrogen-bond acceptors (Lipinski definition) is 5. The Morgan fingerprint density at radius 2 is 1.65 bits per heavy atom. The quantitative estimate of drug-likeness (QED) is 0.755. The average molecular weight is 317 g/mol. The third-order valence-electron chi connectivity index (χ3n) is 4.05. The number of fused-ring (bicyclic) bond motifs is 1. The minimum absolute atomic E-state index is 0.112. The van der Waals surface area contributed by atoms with Gasteiger partial charge in [0.05, 0.1) is 19.3 Å². The van der Waals surface area contributed by atoms with Gasteiger partial charge in [-0.25, -0.2) is 0 Å². The molecule has 0 aliphatic heterocycles. The van der Waals surface area contributed by atoms with Gasteiger partial charge in [-0.05, 0) is 0 Å². The molecule has 0 radical (unpaired) electrons. The number of benzene rings is 1. The highest BCUT2D eigenvalue weighted by atomic mass is 16.7. The lowest BCUT2D eigenvalue weighted by Gasteiger charge is -2.32. The van der Waals surface area contributed by atoms with Crippen molar-refractivity contribution in [2.45, 2.75) is 20.8 Å². The predicted molar refractivity (Wildman–Crippen MR) is 87.2 cm³/mol. The Balaban J connectivity index is 2.46. The van der Waals surface area contributed by atoms with Crippen LogP contribution in [0.25, 0.3) is 0 Å². The predicted octanol–water partition coefficient (Wildman–Crippen LogP) is 2.88. The first kappa shape index (κ1) is 17.4. The summed E-state index contributed by atoms with van der Waals surface area (Å²) in [5.41, 5.74) is 0.522. The van der Waals surface area contributed by atoms with Crippen LogP contribution in [0.5, 0.6) is 0 Å². The standard InChI is InChI=1S/C18H23NO4/c1-6-19(4)23-11-18(2,3)14-15(20)12-9-7-8-10-13(12)16(21)17(14)22-5/h7-10H,6,11H2,1-5H3. The third-order valence-corrected chi connectivity index (χ3v) is 4.05. The Kier molecular flexibility index (Phi) is 5.02. The summed E-state index contributed by atoms with van der Waals surface area (Å²) < 4.78 is 5.30. The van der Waals surface area contributed by atoms with Crippen LogP contribution in [0.1, 0.15) is 41.5 Å². The van der Waals surface area contributed by atoms with E-state index in [9.17, 15) is 9.59 Å². The molecule has 1 aromatic carbocycles. The van der Waals surface area contributed by atoms with Crippen molar-refractivity contribution in [3.8, 4) is 0 Å². The third kappa shape index (κ3) is 3.21. The van der Waals surface area contributed by atoms with Gasteiger partial charge in [-0.3, -0.25) is 14.4 Å². The maximum absolute atomic E-state index is 12.9. The first-order chi connectivity index (χ1) is 10.8. The molecule has 0 amide bonds. The minimum Gasteiger partial charge on any atom is -0.492 e. The van der Waals surface area contributed by atoms with Crippen molar-refractivity contribution in [3.05, 3.63) is 46.7 Å². The molecule has 1 aliphatic rings. The molecule has 23 heavy (non-hydrogen) atoms. The lowest BCUT2D eigenvalue weighted by Crippen LogP contribution is -2.36. The number of allylic oxidation sites excluding steroid dienone is 1. The molecule has 1 aliphatic carbocycles. The van der Waals surface area contributed by atoms with Crippen molar-refractivity contribution in [1.82, 2.24) is 5.06 Å². The van der Waals surface area contributed by atoms with Gasteiger partial charge in [-0.15, -0.1) is 0 Å². The number of ether oxygens (including phenoxy) is 1. The van der Waals surface area contributed by atoms with Gasteiger partial charge in [0, 0.05) is 30.1 Å². The highest BCUT2D eigenvalue weighted by Gasteiger charge is 2.41. The second-order valence-corrected chi connectivity index (χ2v) is 6.21. The van der Waals surface area contributed by atoms with E-state index < -0.39 is 5.41 Å². The molecule has 0 N–H and O–H groups in total. The Morgan fingerprint density at radius 1 is 1.09 bits per heavy atom. The second kappa shape index (κ2) is 6.64. The first-order valence-corrected chi connectivity index (χ1v) is 7.64. The molecule has 1 aromatic rings. The summed E-state index contributed by atoms with van der Waals surface area (Å²) in [7, 11) is 3.24. The summed E-state index contributed by atoms with van der Waals surface area (Å²) in [4.78, 5) is 31.2. The van der Waals surface area contributed by atoms with E-state index in [1.54, 1.807) is 29.3 Å². The van der Waals surface area contributed by atoms with Crippen LogP contribution in [0.4, 0.5) is 0 Å². The fourth-order valence-corrected chi connectivity index (χ4v) is 2.60. The molecule has 0 spiro atoms. The van der Waals surface area contributed by atoms with E-state index in [0.717, 1.165) is 6.54 Å². The molecule has 0 unspecified atom stereocenters. The van der Waals surface area contributed by atoms with Gasteiger partial charge in [0.15, 0.2) is 11.5 Å². The van der Waals surface area contributed by atoms with Crippen molar-refractivity contribution in [3.63, 3.8) is 0 Å². The SMILES string of the molecule is CCN(C)OCC(C)(C)C1=C(OC)C(=O)c2ccccc2C1=O. The number of hydroxylamine groups is 2. The van der Waals surface area contributed by atoms with Gasteiger partial charge in [0.2, 0.25) is 5.78 Å². The van der Waals surface area contributed by atoms with Crippen molar-refractivity contribution < 1.29 is 19.2 Å². The number of hydrogen-bond donors (Lipinski definition) is 0. The molecule has 2 rings (SSSR count). The lowest BCUT2D eigenvalue weighted by atomic mass is 9.75. The highest BCUT2D eigenvalue weighted by molar-refractivity contribution is 6.26. The van der Waals surface area contributed by atoms with E-state index in [2.05, 4.69) is 0 Å². The van der Waals surface area contributed by atoms with Crippen LogP contribution in [0.15, 0.2) is 35.6 Å². The summed E-state index contributed by atoms with van der Waals surface area (Å²) in [5, 5.41) is 1.69. The number of Topliss-reactive ketones (excluding diaryl/α,β-unsaturated/α-hetero) is 2. The Morgan fingerprint density at radius 3 is 2.17 bits per heavy atom. The lowest BCUT2D eigenvalue weighted by molar-refractivity contribution is -0.155. The van der Waals surface area contributed by atoms with Crippen molar-refractivity contribution in [1.29, 1.82) is 0 Å². The van der Waals surface area contributed by atoms with Gasteiger partial charge in [-0.2, -0.15) is 5.06 Å². The zero-order valence-corrected chi connectivity index (χ0v) is 14.3. The summed E-state index contributed by atoms with van der Waals surface area (Å²) in [6.07, 6.45) is 0. The normalized spacial score (nSPS) is 15.2. The van der Waals surface area contributed by atoms with Crippen LogP contribution < -0.4 is 0 Å². The maximum Gasteiger partial charge on any atom is 0.228 e. The fraction of sp³-hybridized carbons (Fsp3) is 0.444. The minimum atomic E-state index is -0.658. The molecule has 124 valence electrons. The van der Waals surface area contributed by atoms with Crippen LogP contribution in [0.3, 0.4) is 0 Å². The second-order valence-electron chi connectivity index (χ2n) is 6.21. The van der Waals surface area contributed by atoms with Gasteiger partial charge in [0.1, 0.15) is 0 Å². The maximum atomic E-state index is 12.9. The van der Waals surface area contributed by atoms with E-state index in [4.69, 9.17) is 9.57 Å². The van der Waals surface area contributed by atoms with E-state index in [-0.39, 0.29) is 23.9 Å². The average Bonchev–Trinajstić information content (AvgIpc) is 2.55. The molecule has 5 nitrogen and oxygen atoms in total. The van der Waals surface area contributed by atoms with Crippen LogP contribution in [-0.4, -0.2) is 43.9 Å². The van der Waals surface area contributed by atoms with Gasteiger partial charge >= 0.3 is 0 Å². The Bertz CT molecular complexity index is 661. The smallest absolute Gasteiger partial charge is 0.228 e. The van der Waals surface area contributed by atoms with E-state index in [0.29, 0.717) is 16.7 Å². The molecule has 0 aromatic heterocycles. The highest BCUT2D eigenvalue weighted by Crippen LogP contribution is 2.37. The van der Waals surface area contributed by atoms with Crippen LogP contribution in [-0.2, 0) is 9.57 Å². The van der Waals surface area contributed by atoms with Crippen molar-refractivity contribution >= 4 is 11.6 Å². The number of carbonyl (C=O) groups is 2. The van der Waals surface area contributed by atoms with Crippen molar-refractivity contribution in [2.24, 2.45) is 5.41 Å². The number of rotatable bonds is 6. The zero-order chi connectivity index (χ0) is 17.2. The molecule has 0 heterocycles. The van der Waals surface area contributed by atoms with Crippen LogP contribution in [0, 0.1) is 5.41 Å². The zero-order valence-electron chi connectivity index (χ0n) is 14.3. The Labute approximate surface area is 136 Å². The fourth-order valence-electron chi connectivity index (χ4n) is 2.60. The molecule has 0 fully saturated rings. The van der Waals surface area contributed by atoms with Gasteiger partial charge in [0.25, 0.3) is 0 Å². The number of ketones is 2. The molecule has 0 saturated carbocycles. The molecule has 0 saturated heterocycles. The van der Waals surface area contributed by atoms with Crippen molar-refractivity contribution in [2.75, 3.05) is 27.3 Å². The van der Waals surface area contributed by atoms with E-state index in [1.807, 2.05) is 27.8 Å². The largest absolute Gasteiger partial charge is 0.492 e. The van der Waals surface area contributed by atoms with Gasteiger partial charge in [-0.1, -0.05) is 45.0 Å². The van der Waals surface area contributed by atoms with Crippen LogP contribution >= 0.6 is 0 Å². The summed E-state index contributed by atoms with van der Waals surface area (Å²) >= 11 is 0. The number of nitrogens with zero attached hydrogens (tertiary/aromatic N) is 1. The van der Waals surface area contributed by atoms with Crippen LogP contribution in [0.2, 0.25) is 0 Å². The van der Waals surface area contributed by atoms with E-state index in [1.165, 1.54) is 7.11 Å². The molecular weight excluding hydrogens is 294 g/mol. The van der Waals surface area contributed by atoms with Gasteiger partial charge < -0.3 is 4.74 Å². The first-order valence-electron chi connectivity index (χ1n) is 7.64. The van der Waals surface area contributed by atoms with E-state index >= 15 is 0 Å². The summed E-state index contributed by atoms with van der Waals surface area (Å²) in [6, 6.07) is 6.83. The number of carbonyl (C=O) groups excluding carboxylic acids is 2. The Hall–Kier alpha value is -1.98. The molecular formula is C18H23NO4. The topological polar surface area (TPSA) is 55.8 Å². The molecule has 0 atom stereocenters. The summed E-state index contributed by atoms with van der Waals surface area (Å²) in [6.45, 7) is 6.73. The molecule has 0 bridgehead atoms. The molecule has 5 heteroatoms. The monoisotopic (exact) mass is 317 g/mol.